The first-order valence-corrected chi connectivity index (χ1v) is 7.36. The summed E-state index contributed by atoms with van der Waals surface area (Å²) in [6.07, 6.45) is 0.890. The van der Waals surface area contributed by atoms with Crippen LogP contribution in [0.2, 0.25) is 5.02 Å². The molecule has 4 heteroatoms. The third-order valence-corrected chi connectivity index (χ3v) is 4.12. The van der Waals surface area contributed by atoms with Gasteiger partial charge in [-0.3, -0.25) is 4.99 Å². The fraction of sp³-hybridized carbons (Fsp3) is 0.235. The molecule has 0 aromatic heterocycles. The molecule has 0 saturated heterocycles. The minimum Gasteiger partial charge on any atom is -0.369 e. The van der Waals surface area contributed by atoms with Crippen LogP contribution < -0.4 is 10.6 Å². The Balaban J connectivity index is 1.92. The van der Waals surface area contributed by atoms with Gasteiger partial charge in [-0.25, -0.2) is 0 Å². The zero-order valence-corrected chi connectivity index (χ0v) is 12.7. The van der Waals surface area contributed by atoms with Crippen molar-refractivity contribution >= 4 is 23.2 Å². The van der Waals surface area contributed by atoms with E-state index in [4.69, 9.17) is 17.3 Å². The molecular weight excluding hydrogens is 282 g/mol. The van der Waals surface area contributed by atoms with Gasteiger partial charge in [0.2, 0.25) is 0 Å². The lowest BCUT2D eigenvalue weighted by molar-refractivity contribution is 0.500. The zero-order chi connectivity index (χ0) is 14.9. The van der Waals surface area contributed by atoms with E-state index >= 15 is 0 Å². The number of aliphatic imine (C=N–C) groups is 1. The maximum Gasteiger partial charge on any atom is 0.196 e. The highest BCUT2D eigenvalue weighted by atomic mass is 35.5. The van der Waals surface area contributed by atoms with E-state index in [1.165, 1.54) is 5.56 Å². The molecule has 1 aliphatic rings. The van der Waals surface area contributed by atoms with Crippen molar-refractivity contribution in [1.29, 1.82) is 0 Å². The van der Waals surface area contributed by atoms with E-state index in [1.807, 2.05) is 30.3 Å². The van der Waals surface area contributed by atoms with Gasteiger partial charge >= 0.3 is 0 Å². The average molecular weight is 300 g/mol. The summed E-state index contributed by atoms with van der Waals surface area (Å²) in [7, 11) is 0. The van der Waals surface area contributed by atoms with Gasteiger partial charge in [-0.05, 0) is 43.2 Å². The summed E-state index contributed by atoms with van der Waals surface area (Å²) in [6.45, 7) is 2.88. The zero-order valence-electron chi connectivity index (χ0n) is 12.0. The molecule has 0 radical (unpaired) electrons. The van der Waals surface area contributed by atoms with Crippen molar-refractivity contribution in [3.63, 3.8) is 0 Å². The van der Waals surface area contributed by atoms with Crippen LogP contribution in [0.4, 0.5) is 5.69 Å². The van der Waals surface area contributed by atoms with E-state index in [2.05, 4.69) is 41.1 Å². The third kappa shape index (κ3) is 2.74. The summed E-state index contributed by atoms with van der Waals surface area (Å²) in [4.78, 5) is 6.56. The molecule has 1 atom stereocenters. The molecule has 3 nitrogen and oxygen atoms in total. The number of halogens is 1. The largest absolute Gasteiger partial charge is 0.369 e. The summed E-state index contributed by atoms with van der Waals surface area (Å²) >= 11 is 5.98. The number of rotatable bonds is 3. The van der Waals surface area contributed by atoms with Crippen molar-refractivity contribution in [1.82, 2.24) is 0 Å². The van der Waals surface area contributed by atoms with E-state index < -0.39 is 0 Å². The van der Waals surface area contributed by atoms with E-state index in [0.717, 1.165) is 17.1 Å². The Labute approximate surface area is 130 Å². The molecule has 21 heavy (non-hydrogen) atoms. The molecule has 0 amide bonds. The fourth-order valence-corrected chi connectivity index (χ4v) is 3.00. The smallest absolute Gasteiger partial charge is 0.196 e. The summed E-state index contributed by atoms with van der Waals surface area (Å²) in [5.41, 5.74) is 8.27. The molecule has 1 unspecified atom stereocenters. The Kier molecular flexibility index (Phi) is 3.60. The highest BCUT2D eigenvalue weighted by Gasteiger charge is 2.39. The first-order chi connectivity index (χ1) is 10.1. The number of hydrogen-bond donors (Lipinski definition) is 1. The Hall–Kier alpha value is -2.00. The van der Waals surface area contributed by atoms with Crippen molar-refractivity contribution < 1.29 is 0 Å². The molecular formula is C17H18ClN3. The van der Waals surface area contributed by atoms with Crippen LogP contribution in [-0.4, -0.2) is 18.0 Å². The first kappa shape index (κ1) is 14.0. The van der Waals surface area contributed by atoms with E-state index in [9.17, 15) is 0 Å². The van der Waals surface area contributed by atoms with Crippen LogP contribution in [0, 0.1) is 0 Å². The van der Waals surface area contributed by atoms with Crippen LogP contribution in [0.25, 0.3) is 0 Å². The van der Waals surface area contributed by atoms with Gasteiger partial charge in [0.15, 0.2) is 5.96 Å². The van der Waals surface area contributed by atoms with Crippen LogP contribution in [0.3, 0.4) is 0 Å². The van der Waals surface area contributed by atoms with Gasteiger partial charge in [0.25, 0.3) is 0 Å². The van der Waals surface area contributed by atoms with Crippen LogP contribution in [0.15, 0.2) is 59.6 Å². The van der Waals surface area contributed by atoms with Crippen LogP contribution in [0.1, 0.15) is 12.5 Å². The van der Waals surface area contributed by atoms with Gasteiger partial charge in [0, 0.05) is 10.7 Å². The van der Waals surface area contributed by atoms with Gasteiger partial charge in [0.05, 0.1) is 12.1 Å². The monoisotopic (exact) mass is 299 g/mol. The summed E-state index contributed by atoms with van der Waals surface area (Å²) in [5, 5.41) is 0.721. The molecule has 2 N–H and O–H groups in total. The lowest BCUT2D eigenvalue weighted by atomic mass is 9.91. The number of guanidine groups is 1. The molecule has 0 aliphatic carbocycles. The number of benzene rings is 2. The molecule has 1 heterocycles. The Morgan fingerprint density at radius 3 is 2.48 bits per heavy atom. The second kappa shape index (κ2) is 5.41. The van der Waals surface area contributed by atoms with E-state index in [1.54, 1.807) is 0 Å². The highest BCUT2D eigenvalue weighted by molar-refractivity contribution is 6.30. The number of nitrogens with two attached hydrogens (primary N) is 1. The topological polar surface area (TPSA) is 41.6 Å². The van der Waals surface area contributed by atoms with Gasteiger partial charge in [0.1, 0.15) is 0 Å². The Morgan fingerprint density at radius 2 is 1.81 bits per heavy atom. The van der Waals surface area contributed by atoms with Crippen LogP contribution >= 0.6 is 11.6 Å². The van der Waals surface area contributed by atoms with Crippen molar-refractivity contribution in [3.8, 4) is 0 Å². The first-order valence-electron chi connectivity index (χ1n) is 6.98. The maximum atomic E-state index is 6.12. The second-order valence-corrected chi connectivity index (χ2v) is 6.08. The standard InChI is InChI=1S/C17H18ClN3/c1-17(11-13-5-3-2-4-6-13)12-20-16(19)21(17)15-9-7-14(18)8-10-15/h2-10H,11-12H2,1H3,(H2,19,20). The molecule has 108 valence electrons. The van der Waals surface area contributed by atoms with Gasteiger partial charge < -0.3 is 10.6 Å². The van der Waals surface area contributed by atoms with Crippen LogP contribution in [-0.2, 0) is 6.42 Å². The minimum atomic E-state index is -0.154. The Bertz CT molecular complexity index is 651. The molecule has 0 fully saturated rings. The molecule has 2 aromatic rings. The quantitative estimate of drug-likeness (QED) is 0.943. The fourth-order valence-electron chi connectivity index (χ4n) is 2.87. The highest BCUT2D eigenvalue weighted by Crippen LogP contribution is 2.32. The number of anilines is 1. The van der Waals surface area contributed by atoms with Gasteiger partial charge in [-0.15, -0.1) is 0 Å². The summed E-state index contributed by atoms with van der Waals surface area (Å²) < 4.78 is 0. The Morgan fingerprint density at radius 1 is 1.14 bits per heavy atom. The molecule has 0 saturated carbocycles. The van der Waals surface area contributed by atoms with Crippen molar-refractivity contribution in [2.75, 3.05) is 11.4 Å². The lowest BCUT2D eigenvalue weighted by Crippen LogP contribution is -2.51. The van der Waals surface area contributed by atoms with Crippen molar-refractivity contribution in [3.05, 3.63) is 65.2 Å². The predicted molar refractivity (Wildman–Crippen MR) is 89.0 cm³/mol. The lowest BCUT2D eigenvalue weighted by Gasteiger charge is -2.36. The normalized spacial score (nSPS) is 21.4. The molecule has 2 aromatic carbocycles. The van der Waals surface area contributed by atoms with E-state index in [0.29, 0.717) is 12.5 Å². The average Bonchev–Trinajstić information content (AvgIpc) is 2.77. The summed E-state index contributed by atoms with van der Waals surface area (Å²) in [5.74, 6) is 0.566. The molecule has 1 aliphatic heterocycles. The number of nitrogens with zero attached hydrogens (tertiary/aromatic N) is 2. The SMILES string of the molecule is CC1(Cc2ccccc2)CN=C(N)N1c1ccc(Cl)cc1. The van der Waals surface area contributed by atoms with Gasteiger partial charge in [-0.1, -0.05) is 41.9 Å². The predicted octanol–water partition coefficient (Wildman–Crippen LogP) is 3.48. The van der Waals surface area contributed by atoms with Crippen LogP contribution in [0.5, 0.6) is 0 Å². The number of hydrogen-bond acceptors (Lipinski definition) is 3. The third-order valence-electron chi connectivity index (χ3n) is 3.86. The molecule has 3 rings (SSSR count). The van der Waals surface area contributed by atoms with E-state index in [-0.39, 0.29) is 5.54 Å². The summed E-state index contributed by atoms with van der Waals surface area (Å²) in [6, 6.07) is 18.2. The van der Waals surface area contributed by atoms with Crippen molar-refractivity contribution in [2.24, 2.45) is 10.7 Å². The maximum absolute atomic E-state index is 6.12. The molecule has 0 spiro atoms. The van der Waals surface area contributed by atoms with Gasteiger partial charge in [-0.2, -0.15) is 0 Å². The second-order valence-electron chi connectivity index (χ2n) is 5.65. The minimum absolute atomic E-state index is 0.154. The molecule has 0 bridgehead atoms. The van der Waals surface area contributed by atoms with Crippen molar-refractivity contribution in [2.45, 2.75) is 18.9 Å².